The molecule has 1 aliphatic heterocycles. The van der Waals surface area contributed by atoms with E-state index >= 15 is 0 Å². The largest absolute Gasteiger partial charge is 0.507 e. The van der Waals surface area contributed by atoms with Crippen LogP contribution in [0, 0.1) is 5.82 Å². The Hall–Kier alpha value is -4.13. The molecule has 1 fully saturated rings. The predicted octanol–water partition coefficient (Wildman–Crippen LogP) is 4.90. The van der Waals surface area contributed by atoms with Gasteiger partial charge < -0.3 is 19.5 Å². The number of ether oxygens (including phenoxy) is 2. The lowest BCUT2D eigenvalue weighted by Gasteiger charge is -2.26. The highest BCUT2D eigenvalue weighted by atomic mass is 19.1. The molecule has 35 heavy (non-hydrogen) atoms. The van der Waals surface area contributed by atoms with Gasteiger partial charge in [-0.1, -0.05) is 36.4 Å². The van der Waals surface area contributed by atoms with Gasteiger partial charge in [0.15, 0.2) is 11.5 Å². The first kappa shape index (κ1) is 24.0. The number of nitrogens with zero attached hydrogens (tertiary/aromatic N) is 1. The normalized spacial score (nSPS) is 17.0. The van der Waals surface area contributed by atoms with Crippen molar-refractivity contribution in [2.75, 3.05) is 20.3 Å². The van der Waals surface area contributed by atoms with Crippen molar-refractivity contribution in [2.24, 2.45) is 0 Å². The summed E-state index contributed by atoms with van der Waals surface area (Å²) in [4.78, 5) is 27.8. The fourth-order valence-electron chi connectivity index (χ4n) is 4.24. The minimum atomic E-state index is -0.853. The Morgan fingerprint density at radius 3 is 2.37 bits per heavy atom. The molecule has 0 bridgehead atoms. The first-order valence-corrected chi connectivity index (χ1v) is 11.3. The van der Waals surface area contributed by atoms with Crippen molar-refractivity contribution in [3.05, 3.63) is 101 Å². The van der Waals surface area contributed by atoms with Crippen LogP contribution >= 0.6 is 0 Å². The summed E-state index contributed by atoms with van der Waals surface area (Å²) >= 11 is 0. The molecule has 1 heterocycles. The second kappa shape index (κ2) is 10.4. The molecule has 3 aromatic carbocycles. The Labute approximate surface area is 203 Å². The third-order valence-corrected chi connectivity index (χ3v) is 5.95. The number of Topliss-reactive ketones (excluding diaryl/α,β-unsaturated/α-hetero) is 1. The molecule has 0 saturated carbocycles. The molecule has 1 atom stereocenters. The monoisotopic (exact) mass is 475 g/mol. The van der Waals surface area contributed by atoms with Gasteiger partial charge in [0, 0.05) is 12.1 Å². The van der Waals surface area contributed by atoms with Gasteiger partial charge in [-0.3, -0.25) is 9.59 Å². The van der Waals surface area contributed by atoms with Crippen molar-refractivity contribution in [1.29, 1.82) is 0 Å². The van der Waals surface area contributed by atoms with Crippen LogP contribution in [0.3, 0.4) is 0 Å². The number of carbonyl (C=O) groups excluding carboxylic acids is 2. The summed E-state index contributed by atoms with van der Waals surface area (Å²) in [5.74, 6) is -1.36. The van der Waals surface area contributed by atoms with E-state index in [1.165, 1.54) is 36.3 Å². The van der Waals surface area contributed by atoms with Crippen LogP contribution in [0.1, 0.15) is 29.7 Å². The predicted molar refractivity (Wildman–Crippen MR) is 130 cm³/mol. The van der Waals surface area contributed by atoms with E-state index in [9.17, 15) is 19.1 Å². The lowest BCUT2D eigenvalue weighted by Crippen LogP contribution is -2.31. The van der Waals surface area contributed by atoms with Crippen molar-refractivity contribution in [1.82, 2.24) is 4.90 Å². The van der Waals surface area contributed by atoms with E-state index in [-0.39, 0.29) is 23.4 Å². The number of likely N-dealkylation sites (tertiary alicyclic amines) is 1. The van der Waals surface area contributed by atoms with Gasteiger partial charge in [-0.15, -0.1) is 0 Å². The molecule has 7 heteroatoms. The molecule has 0 radical (unpaired) electrons. The summed E-state index contributed by atoms with van der Waals surface area (Å²) in [5, 5.41) is 11.1. The number of rotatable bonds is 8. The minimum Gasteiger partial charge on any atom is -0.507 e. The van der Waals surface area contributed by atoms with Crippen LogP contribution in [0.2, 0.25) is 0 Å². The van der Waals surface area contributed by atoms with Crippen molar-refractivity contribution in [3.63, 3.8) is 0 Å². The zero-order chi connectivity index (χ0) is 24.9. The Bertz CT molecular complexity index is 1250. The summed E-state index contributed by atoms with van der Waals surface area (Å²) < 4.78 is 24.5. The maximum absolute atomic E-state index is 13.5. The Kier molecular flexibility index (Phi) is 7.15. The van der Waals surface area contributed by atoms with E-state index in [0.717, 1.165) is 5.56 Å². The van der Waals surface area contributed by atoms with Gasteiger partial charge in [-0.25, -0.2) is 4.39 Å². The first-order valence-electron chi connectivity index (χ1n) is 11.3. The van der Waals surface area contributed by atoms with Gasteiger partial charge >= 0.3 is 0 Å². The van der Waals surface area contributed by atoms with Gasteiger partial charge in [0.25, 0.3) is 11.7 Å². The molecule has 180 valence electrons. The van der Waals surface area contributed by atoms with Gasteiger partial charge in [0.1, 0.15) is 11.6 Å². The van der Waals surface area contributed by atoms with Crippen LogP contribution in [-0.4, -0.2) is 42.0 Å². The molecule has 1 saturated heterocycles. The fourth-order valence-corrected chi connectivity index (χ4v) is 4.24. The van der Waals surface area contributed by atoms with Crippen LogP contribution < -0.4 is 9.47 Å². The number of hydrogen-bond acceptors (Lipinski definition) is 5. The van der Waals surface area contributed by atoms with Crippen molar-refractivity contribution in [3.8, 4) is 11.5 Å². The van der Waals surface area contributed by atoms with Crippen molar-refractivity contribution >= 4 is 17.4 Å². The highest BCUT2D eigenvalue weighted by molar-refractivity contribution is 6.46. The van der Waals surface area contributed by atoms with E-state index in [1.807, 2.05) is 37.3 Å². The lowest BCUT2D eigenvalue weighted by atomic mass is 9.94. The van der Waals surface area contributed by atoms with E-state index < -0.39 is 23.5 Å². The summed E-state index contributed by atoms with van der Waals surface area (Å²) in [6.07, 6.45) is 0.523. The molecule has 6 nitrogen and oxygen atoms in total. The number of benzene rings is 3. The third kappa shape index (κ3) is 4.89. The standard InChI is InChI=1S/C28H26FNO5/c1-3-35-22-14-11-20(17-23(22)34-2)25-24(26(31)19-9-12-21(29)13-10-19)27(32)28(33)30(25)16-15-18-7-5-4-6-8-18/h4-14,17,25,31H,3,15-16H2,1-2H3. The van der Waals surface area contributed by atoms with E-state index in [1.54, 1.807) is 18.2 Å². The Morgan fingerprint density at radius 1 is 1.00 bits per heavy atom. The van der Waals surface area contributed by atoms with Crippen molar-refractivity contribution < 1.29 is 28.6 Å². The molecular formula is C28H26FNO5. The average Bonchev–Trinajstić information content (AvgIpc) is 3.13. The van der Waals surface area contributed by atoms with Gasteiger partial charge in [-0.2, -0.15) is 0 Å². The fraction of sp³-hybridized carbons (Fsp3) is 0.214. The number of aliphatic hydroxyl groups excluding tert-OH is 1. The number of ketones is 1. The average molecular weight is 476 g/mol. The molecule has 0 spiro atoms. The SMILES string of the molecule is CCOc1ccc(C2C(=C(O)c3ccc(F)cc3)C(=O)C(=O)N2CCc2ccccc2)cc1OC. The summed E-state index contributed by atoms with van der Waals surface area (Å²) in [7, 11) is 1.51. The highest BCUT2D eigenvalue weighted by Gasteiger charge is 2.46. The molecule has 0 aromatic heterocycles. The van der Waals surface area contributed by atoms with Gasteiger partial charge in [0.05, 0.1) is 25.3 Å². The maximum Gasteiger partial charge on any atom is 0.295 e. The first-order chi connectivity index (χ1) is 16.9. The number of hydrogen-bond donors (Lipinski definition) is 1. The van der Waals surface area contributed by atoms with Crippen LogP contribution in [0.4, 0.5) is 4.39 Å². The molecule has 1 amide bonds. The van der Waals surface area contributed by atoms with Crippen LogP contribution in [0.25, 0.3) is 5.76 Å². The molecule has 4 rings (SSSR count). The zero-order valence-electron chi connectivity index (χ0n) is 19.5. The van der Waals surface area contributed by atoms with Crippen molar-refractivity contribution in [2.45, 2.75) is 19.4 Å². The quantitative estimate of drug-likeness (QED) is 0.285. The number of carbonyl (C=O) groups is 2. The van der Waals surface area contributed by atoms with E-state index in [0.29, 0.717) is 30.1 Å². The summed E-state index contributed by atoms with van der Waals surface area (Å²) in [6, 6.07) is 19.1. The van der Waals surface area contributed by atoms with Crippen LogP contribution in [0.15, 0.2) is 78.4 Å². The molecule has 1 aliphatic rings. The second-order valence-electron chi connectivity index (χ2n) is 8.08. The number of amides is 1. The molecular weight excluding hydrogens is 449 g/mol. The maximum atomic E-state index is 13.5. The van der Waals surface area contributed by atoms with Crippen LogP contribution in [0.5, 0.6) is 11.5 Å². The second-order valence-corrected chi connectivity index (χ2v) is 8.08. The van der Waals surface area contributed by atoms with Gasteiger partial charge in [-0.05, 0) is 60.9 Å². The number of methoxy groups -OCH3 is 1. The van der Waals surface area contributed by atoms with E-state index in [4.69, 9.17) is 9.47 Å². The molecule has 0 aliphatic carbocycles. The smallest absolute Gasteiger partial charge is 0.295 e. The Balaban J connectivity index is 1.81. The zero-order valence-corrected chi connectivity index (χ0v) is 19.5. The minimum absolute atomic E-state index is 0.0547. The lowest BCUT2D eigenvalue weighted by molar-refractivity contribution is -0.139. The number of aliphatic hydroxyl groups is 1. The Morgan fingerprint density at radius 2 is 1.71 bits per heavy atom. The van der Waals surface area contributed by atoms with Gasteiger partial charge in [0.2, 0.25) is 0 Å². The molecule has 1 N–H and O–H groups in total. The highest BCUT2D eigenvalue weighted by Crippen LogP contribution is 2.42. The topological polar surface area (TPSA) is 76.1 Å². The van der Waals surface area contributed by atoms with E-state index in [2.05, 4.69) is 0 Å². The number of halogens is 1. The molecule has 3 aromatic rings. The van der Waals surface area contributed by atoms with Crippen LogP contribution in [-0.2, 0) is 16.0 Å². The summed E-state index contributed by atoms with van der Waals surface area (Å²) in [6.45, 7) is 2.55. The molecule has 1 unspecified atom stereocenters. The summed E-state index contributed by atoms with van der Waals surface area (Å²) in [5.41, 5.74) is 1.79. The third-order valence-electron chi connectivity index (χ3n) is 5.95.